The Morgan fingerprint density at radius 2 is 2.05 bits per heavy atom. The van der Waals surface area contributed by atoms with Gasteiger partial charge in [0.05, 0.1) is 41.5 Å². The van der Waals surface area contributed by atoms with Crippen molar-refractivity contribution < 1.29 is 14.6 Å². The van der Waals surface area contributed by atoms with Crippen molar-refractivity contribution in [2.24, 2.45) is 0 Å². The van der Waals surface area contributed by atoms with E-state index in [0.717, 1.165) is 0 Å². The molecule has 0 aliphatic carbocycles. The van der Waals surface area contributed by atoms with Gasteiger partial charge >= 0.3 is 0 Å². The van der Waals surface area contributed by atoms with Crippen LogP contribution in [0.3, 0.4) is 0 Å². The molecular weight excluding hydrogens is 291 g/mol. The van der Waals surface area contributed by atoms with Gasteiger partial charge in [-0.25, -0.2) is 0 Å². The van der Waals surface area contributed by atoms with Gasteiger partial charge in [-0.2, -0.15) is 0 Å². The van der Waals surface area contributed by atoms with Crippen LogP contribution in [0.25, 0.3) is 0 Å². The molecular formula is C12H16Cl2N2O3. The molecule has 0 heterocycles. The molecule has 5 nitrogen and oxygen atoms in total. The number of para-hydroxylation sites is 1. The molecule has 19 heavy (non-hydrogen) atoms. The van der Waals surface area contributed by atoms with Crippen LogP contribution in [0, 0.1) is 0 Å². The molecule has 1 rings (SSSR count). The summed E-state index contributed by atoms with van der Waals surface area (Å²) in [6, 6.07) is 4.67. The van der Waals surface area contributed by atoms with Crippen LogP contribution in [0.2, 0.25) is 10.0 Å². The molecule has 1 amide bonds. The third-order valence-electron chi connectivity index (χ3n) is 2.37. The van der Waals surface area contributed by atoms with Gasteiger partial charge in [-0.1, -0.05) is 29.3 Å². The molecule has 0 aliphatic rings. The van der Waals surface area contributed by atoms with E-state index in [2.05, 4.69) is 10.6 Å². The highest BCUT2D eigenvalue weighted by Gasteiger charge is 2.12. The van der Waals surface area contributed by atoms with Gasteiger partial charge in [0.15, 0.2) is 0 Å². The molecule has 0 bridgehead atoms. The molecule has 0 saturated carbocycles. The van der Waals surface area contributed by atoms with Crippen LogP contribution >= 0.6 is 23.2 Å². The standard InChI is InChI=1S/C12H16Cl2N2O3/c1-19-7-8(6-17)15-5-11(18)16-12-9(13)3-2-4-10(12)14/h2-4,8,15,17H,5-7H2,1H3,(H,16,18). The van der Waals surface area contributed by atoms with Gasteiger partial charge in [0, 0.05) is 7.11 Å². The van der Waals surface area contributed by atoms with Crippen molar-refractivity contribution in [3.8, 4) is 0 Å². The van der Waals surface area contributed by atoms with E-state index in [9.17, 15) is 4.79 Å². The molecule has 7 heteroatoms. The first-order valence-corrected chi connectivity index (χ1v) is 6.41. The fourth-order valence-electron chi connectivity index (χ4n) is 1.42. The Morgan fingerprint density at radius 1 is 1.42 bits per heavy atom. The molecule has 0 saturated heterocycles. The summed E-state index contributed by atoms with van der Waals surface area (Å²) in [6.45, 7) is 0.223. The minimum atomic E-state index is -0.301. The molecule has 1 aromatic rings. The third-order valence-corrected chi connectivity index (χ3v) is 3.00. The van der Waals surface area contributed by atoms with E-state index >= 15 is 0 Å². The number of aliphatic hydroxyl groups excluding tert-OH is 1. The predicted octanol–water partition coefficient (Wildman–Crippen LogP) is 1.53. The van der Waals surface area contributed by atoms with E-state index in [4.69, 9.17) is 33.0 Å². The minimum absolute atomic E-state index is 0.0239. The average Bonchev–Trinajstić information content (AvgIpc) is 2.39. The zero-order valence-corrected chi connectivity index (χ0v) is 12.0. The van der Waals surface area contributed by atoms with Crippen LogP contribution in [0.15, 0.2) is 18.2 Å². The molecule has 1 unspecified atom stereocenters. The van der Waals surface area contributed by atoms with E-state index in [1.165, 1.54) is 7.11 Å². The molecule has 0 fully saturated rings. The van der Waals surface area contributed by atoms with Crippen LogP contribution < -0.4 is 10.6 Å². The Labute approximate surface area is 121 Å². The van der Waals surface area contributed by atoms with Crippen LogP contribution in [-0.4, -0.2) is 43.9 Å². The van der Waals surface area contributed by atoms with Gasteiger partial charge in [-0.05, 0) is 12.1 Å². The predicted molar refractivity (Wildman–Crippen MR) is 75.8 cm³/mol. The summed E-state index contributed by atoms with van der Waals surface area (Å²) in [4.78, 5) is 11.7. The number of halogens is 2. The Balaban J connectivity index is 2.51. The Morgan fingerprint density at radius 3 is 2.58 bits per heavy atom. The molecule has 3 N–H and O–H groups in total. The first-order chi connectivity index (χ1) is 9.08. The zero-order valence-electron chi connectivity index (χ0n) is 10.5. The van der Waals surface area contributed by atoms with Gasteiger partial charge < -0.3 is 20.5 Å². The van der Waals surface area contributed by atoms with E-state index < -0.39 is 0 Å². The minimum Gasteiger partial charge on any atom is -0.395 e. The summed E-state index contributed by atoms with van der Waals surface area (Å²) >= 11 is 11.9. The lowest BCUT2D eigenvalue weighted by atomic mass is 10.3. The summed E-state index contributed by atoms with van der Waals surface area (Å²) in [5.41, 5.74) is 0.380. The second-order valence-corrected chi connectivity index (χ2v) is 4.67. The molecule has 106 valence electrons. The fraction of sp³-hybridized carbons (Fsp3) is 0.417. The smallest absolute Gasteiger partial charge is 0.238 e. The number of amides is 1. The Hall–Kier alpha value is -0.850. The summed E-state index contributed by atoms with van der Waals surface area (Å²) < 4.78 is 4.89. The number of rotatable bonds is 7. The number of nitrogens with one attached hydrogen (secondary N) is 2. The van der Waals surface area contributed by atoms with Crippen molar-refractivity contribution in [1.29, 1.82) is 0 Å². The van der Waals surface area contributed by atoms with Crippen molar-refractivity contribution in [2.75, 3.05) is 32.2 Å². The van der Waals surface area contributed by atoms with E-state index in [-0.39, 0.29) is 25.1 Å². The quantitative estimate of drug-likeness (QED) is 0.714. The van der Waals surface area contributed by atoms with Crippen molar-refractivity contribution in [3.63, 3.8) is 0 Å². The summed E-state index contributed by atoms with van der Waals surface area (Å²) in [7, 11) is 1.52. The van der Waals surface area contributed by atoms with Gasteiger partial charge in [0.1, 0.15) is 0 Å². The number of carbonyl (C=O) groups is 1. The number of methoxy groups -OCH3 is 1. The van der Waals surface area contributed by atoms with Gasteiger partial charge in [0.2, 0.25) is 5.91 Å². The summed E-state index contributed by atoms with van der Waals surface area (Å²) in [5, 5.41) is 15.2. The lowest BCUT2D eigenvalue weighted by Crippen LogP contribution is -2.41. The Kier molecular flexibility index (Phi) is 7.12. The molecule has 0 aromatic heterocycles. The third kappa shape index (κ3) is 5.34. The monoisotopic (exact) mass is 306 g/mol. The second kappa shape index (κ2) is 8.35. The first kappa shape index (κ1) is 16.2. The van der Waals surface area contributed by atoms with Crippen molar-refractivity contribution in [2.45, 2.75) is 6.04 Å². The molecule has 1 aromatic carbocycles. The average molecular weight is 307 g/mol. The van der Waals surface area contributed by atoms with Gasteiger partial charge in [-0.15, -0.1) is 0 Å². The highest BCUT2D eigenvalue weighted by molar-refractivity contribution is 6.39. The molecule has 0 radical (unpaired) electrons. The van der Waals surface area contributed by atoms with Crippen LogP contribution in [0.4, 0.5) is 5.69 Å². The Bertz CT molecular complexity index is 409. The summed E-state index contributed by atoms with van der Waals surface area (Å²) in [5.74, 6) is -0.301. The van der Waals surface area contributed by atoms with Crippen molar-refractivity contribution in [1.82, 2.24) is 5.32 Å². The number of benzene rings is 1. The molecule has 0 aliphatic heterocycles. The van der Waals surface area contributed by atoms with E-state index in [1.807, 2.05) is 0 Å². The lowest BCUT2D eigenvalue weighted by molar-refractivity contribution is -0.115. The second-order valence-electron chi connectivity index (χ2n) is 3.86. The fourth-order valence-corrected chi connectivity index (χ4v) is 1.91. The molecule has 1 atom stereocenters. The van der Waals surface area contributed by atoms with Crippen LogP contribution in [-0.2, 0) is 9.53 Å². The van der Waals surface area contributed by atoms with Crippen molar-refractivity contribution >= 4 is 34.8 Å². The zero-order chi connectivity index (χ0) is 14.3. The number of ether oxygens (including phenoxy) is 1. The van der Waals surface area contributed by atoms with Crippen LogP contribution in [0.1, 0.15) is 0 Å². The van der Waals surface area contributed by atoms with E-state index in [1.54, 1.807) is 18.2 Å². The van der Waals surface area contributed by atoms with Gasteiger partial charge in [0.25, 0.3) is 0 Å². The SMILES string of the molecule is COCC(CO)NCC(=O)Nc1c(Cl)cccc1Cl. The highest BCUT2D eigenvalue weighted by Crippen LogP contribution is 2.29. The number of hydrogen-bond acceptors (Lipinski definition) is 4. The lowest BCUT2D eigenvalue weighted by Gasteiger charge is -2.15. The van der Waals surface area contributed by atoms with Gasteiger partial charge in [-0.3, -0.25) is 4.79 Å². The summed E-state index contributed by atoms with van der Waals surface area (Å²) in [6.07, 6.45) is 0. The maximum atomic E-state index is 11.7. The maximum Gasteiger partial charge on any atom is 0.238 e. The normalized spacial score (nSPS) is 12.2. The number of aliphatic hydroxyl groups is 1. The highest BCUT2D eigenvalue weighted by atomic mass is 35.5. The maximum absolute atomic E-state index is 11.7. The molecule has 0 spiro atoms. The number of anilines is 1. The topological polar surface area (TPSA) is 70.6 Å². The van der Waals surface area contributed by atoms with E-state index in [0.29, 0.717) is 22.3 Å². The van der Waals surface area contributed by atoms with Crippen molar-refractivity contribution in [3.05, 3.63) is 28.2 Å². The van der Waals surface area contributed by atoms with Crippen LogP contribution in [0.5, 0.6) is 0 Å². The largest absolute Gasteiger partial charge is 0.395 e. The number of hydrogen-bond donors (Lipinski definition) is 3. The number of carbonyl (C=O) groups excluding carboxylic acids is 1. The first-order valence-electron chi connectivity index (χ1n) is 5.65.